The fraction of sp³-hybridized carbons (Fsp3) is 0.176. The molecule has 4 heteroatoms. The first-order valence-corrected chi connectivity index (χ1v) is 6.87. The predicted octanol–water partition coefficient (Wildman–Crippen LogP) is 4.23. The Morgan fingerprint density at radius 3 is 2.38 bits per heavy atom. The van der Waals surface area contributed by atoms with E-state index in [9.17, 15) is 5.11 Å². The molecule has 0 saturated carbocycles. The number of hydrogen-bond donors (Lipinski definition) is 1. The third-order valence-corrected chi connectivity index (χ3v) is 3.40. The molecule has 0 amide bonds. The maximum Gasteiger partial charge on any atom is 0.261 e. The van der Waals surface area contributed by atoms with Crippen LogP contribution in [0.4, 0.5) is 0 Å². The number of phenolic OH excluding ortho intramolecular Hbond substituents is 1. The largest absolute Gasteiger partial charge is 0.507 e. The second-order valence-electron chi connectivity index (χ2n) is 5.22. The molecule has 0 aliphatic carbocycles. The van der Waals surface area contributed by atoms with Gasteiger partial charge in [-0.1, -0.05) is 55.4 Å². The molecule has 0 fully saturated rings. The van der Waals surface area contributed by atoms with E-state index in [4.69, 9.17) is 4.52 Å². The zero-order chi connectivity index (χ0) is 14.8. The molecule has 0 spiro atoms. The Labute approximate surface area is 123 Å². The summed E-state index contributed by atoms with van der Waals surface area (Å²) in [6.45, 7) is 4.30. The van der Waals surface area contributed by atoms with Gasteiger partial charge in [-0.05, 0) is 23.6 Å². The summed E-state index contributed by atoms with van der Waals surface area (Å²) in [5, 5.41) is 13.8. The molecule has 1 aromatic heterocycles. The van der Waals surface area contributed by atoms with Gasteiger partial charge >= 0.3 is 0 Å². The lowest BCUT2D eigenvalue weighted by Crippen LogP contribution is -1.87. The molecule has 0 aliphatic heterocycles. The van der Waals surface area contributed by atoms with Gasteiger partial charge in [0.15, 0.2) is 0 Å². The van der Waals surface area contributed by atoms with Gasteiger partial charge in [0, 0.05) is 5.56 Å². The molecule has 0 radical (unpaired) electrons. The van der Waals surface area contributed by atoms with Crippen molar-refractivity contribution in [2.24, 2.45) is 0 Å². The van der Waals surface area contributed by atoms with Gasteiger partial charge in [-0.3, -0.25) is 0 Å². The molecule has 0 atom stereocenters. The van der Waals surface area contributed by atoms with Crippen LogP contribution in [-0.2, 0) is 0 Å². The maximum absolute atomic E-state index is 9.81. The van der Waals surface area contributed by atoms with Crippen molar-refractivity contribution in [2.75, 3.05) is 0 Å². The average Bonchev–Trinajstić information content (AvgIpc) is 2.97. The molecule has 4 nitrogen and oxygen atoms in total. The zero-order valence-electron chi connectivity index (χ0n) is 11.9. The van der Waals surface area contributed by atoms with Crippen molar-refractivity contribution in [1.29, 1.82) is 0 Å². The SMILES string of the molecule is CC(C)c1ccc(-c2noc(-c3ccccc3O)n2)cc1. The van der Waals surface area contributed by atoms with Crippen LogP contribution in [0.2, 0.25) is 0 Å². The van der Waals surface area contributed by atoms with E-state index >= 15 is 0 Å². The fourth-order valence-corrected chi connectivity index (χ4v) is 2.12. The smallest absolute Gasteiger partial charge is 0.261 e. The van der Waals surface area contributed by atoms with Crippen molar-refractivity contribution < 1.29 is 9.63 Å². The van der Waals surface area contributed by atoms with E-state index in [0.717, 1.165) is 5.56 Å². The maximum atomic E-state index is 9.81. The highest BCUT2D eigenvalue weighted by Gasteiger charge is 2.13. The minimum Gasteiger partial charge on any atom is -0.507 e. The van der Waals surface area contributed by atoms with Crippen LogP contribution in [0.1, 0.15) is 25.3 Å². The van der Waals surface area contributed by atoms with Crippen molar-refractivity contribution in [3.8, 4) is 28.6 Å². The first kappa shape index (κ1) is 13.4. The first-order valence-electron chi connectivity index (χ1n) is 6.87. The predicted molar refractivity (Wildman–Crippen MR) is 80.9 cm³/mol. The number of benzene rings is 2. The van der Waals surface area contributed by atoms with Crippen molar-refractivity contribution in [3.63, 3.8) is 0 Å². The summed E-state index contributed by atoms with van der Waals surface area (Å²) in [5.41, 5.74) is 2.70. The molecule has 21 heavy (non-hydrogen) atoms. The lowest BCUT2D eigenvalue weighted by Gasteiger charge is -2.04. The minimum absolute atomic E-state index is 0.128. The molecule has 0 saturated heterocycles. The number of nitrogens with zero attached hydrogens (tertiary/aromatic N) is 2. The Morgan fingerprint density at radius 2 is 1.71 bits per heavy atom. The van der Waals surface area contributed by atoms with Crippen LogP contribution in [-0.4, -0.2) is 15.2 Å². The number of para-hydroxylation sites is 1. The van der Waals surface area contributed by atoms with Crippen LogP contribution in [0.25, 0.3) is 22.8 Å². The third kappa shape index (κ3) is 2.65. The number of aromatic nitrogens is 2. The minimum atomic E-state index is 0.128. The summed E-state index contributed by atoms with van der Waals surface area (Å²) in [7, 11) is 0. The molecule has 0 aliphatic rings. The van der Waals surface area contributed by atoms with E-state index < -0.39 is 0 Å². The summed E-state index contributed by atoms with van der Waals surface area (Å²) in [4.78, 5) is 4.35. The standard InChI is InChI=1S/C17H16N2O2/c1-11(2)12-7-9-13(10-8-12)16-18-17(21-19-16)14-5-3-4-6-15(14)20/h3-11,20H,1-2H3. The van der Waals surface area contributed by atoms with Crippen molar-refractivity contribution in [3.05, 3.63) is 54.1 Å². The second kappa shape index (κ2) is 5.40. The molecule has 106 valence electrons. The quantitative estimate of drug-likeness (QED) is 0.779. The summed E-state index contributed by atoms with van der Waals surface area (Å²) in [6, 6.07) is 15.0. The van der Waals surface area contributed by atoms with E-state index in [-0.39, 0.29) is 5.75 Å². The molecular weight excluding hydrogens is 264 g/mol. The Balaban J connectivity index is 1.93. The van der Waals surface area contributed by atoms with Crippen molar-refractivity contribution in [2.45, 2.75) is 19.8 Å². The van der Waals surface area contributed by atoms with Crippen LogP contribution < -0.4 is 0 Å². The van der Waals surface area contributed by atoms with Crippen molar-refractivity contribution >= 4 is 0 Å². The van der Waals surface area contributed by atoms with E-state index in [1.54, 1.807) is 18.2 Å². The molecular formula is C17H16N2O2. The van der Waals surface area contributed by atoms with Crippen LogP contribution >= 0.6 is 0 Å². The van der Waals surface area contributed by atoms with Gasteiger partial charge in [-0.2, -0.15) is 4.98 Å². The number of aromatic hydroxyl groups is 1. The number of rotatable bonds is 3. The van der Waals surface area contributed by atoms with Crippen LogP contribution in [0, 0.1) is 0 Å². The number of hydrogen-bond acceptors (Lipinski definition) is 4. The molecule has 3 aromatic rings. The van der Waals surface area contributed by atoms with Gasteiger partial charge in [-0.25, -0.2) is 0 Å². The highest BCUT2D eigenvalue weighted by atomic mass is 16.5. The Bertz CT molecular complexity index is 745. The van der Waals surface area contributed by atoms with Crippen LogP contribution in [0.5, 0.6) is 5.75 Å². The molecule has 1 heterocycles. The lowest BCUT2D eigenvalue weighted by molar-refractivity contribution is 0.426. The second-order valence-corrected chi connectivity index (χ2v) is 5.22. The van der Waals surface area contributed by atoms with Gasteiger partial charge < -0.3 is 9.63 Å². The highest BCUT2D eigenvalue weighted by molar-refractivity contribution is 5.64. The van der Waals surface area contributed by atoms with E-state index in [1.807, 2.05) is 18.2 Å². The van der Waals surface area contributed by atoms with Gasteiger partial charge in [0.1, 0.15) is 5.75 Å². The Morgan fingerprint density at radius 1 is 1.00 bits per heavy atom. The van der Waals surface area contributed by atoms with E-state index in [2.05, 4.69) is 36.1 Å². The Kier molecular flexibility index (Phi) is 3.44. The third-order valence-electron chi connectivity index (χ3n) is 3.40. The van der Waals surface area contributed by atoms with Crippen LogP contribution in [0.15, 0.2) is 53.1 Å². The zero-order valence-corrected chi connectivity index (χ0v) is 11.9. The average molecular weight is 280 g/mol. The Hall–Kier alpha value is -2.62. The molecule has 0 bridgehead atoms. The molecule has 0 unspecified atom stereocenters. The highest BCUT2D eigenvalue weighted by Crippen LogP contribution is 2.29. The van der Waals surface area contributed by atoms with Crippen LogP contribution in [0.3, 0.4) is 0 Å². The fourth-order valence-electron chi connectivity index (χ4n) is 2.12. The summed E-state index contributed by atoms with van der Waals surface area (Å²) in [5.74, 6) is 1.45. The topological polar surface area (TPSA) is 59.2 Å². The van der Waals surface area contributed by atoms with Crippen molar-refractivity contribution in [1.82, 2.24) is 10.1 Å². The number of phenols is 1. The molecule has 3 rings (SSSR count). The van der Waals surface area contributed by atoms with E-state index in [0.29, 0.717) is 23.2 Å². The van der Waals surface area contributed by atoms with Gasteiger partial charge in [-0.15, -0.1) is 0 Å². The molecule has 1 N–H and O–H groups in total. The van der Waals surface area contributed by atoms with Gasteiger partial charge in [0.25, 0.3) is 5.89 Å². The first-order chi connectivity index (χ1) is 10.1. The normalized spacial score (nSPS) is 11.0. The monoisotopic (exact) mass is 280 g/mol. The molecule has 2 aromatic carbocycles. The summed E-state index contributed by atoms with van der Waals surface area (Å²) in [6.07, 6.45) is 0. The summed E-state index contributed by atoms with van der Waals surface area (Å²) < 4.78 is 5.24. The van der Waals surface area contributed by atoms with Gasteiger partial charge in [0.2, 0.25) is 5.82 Å². The summed E-state index contributed by atoms with van der Waals surface area (Å²) >= 11 is 0. The van der Waals surface area contributed by atoms with E-state index in [1.165, 1.54) is 5.56 Å². The lowest BCUT2D eigenvalue weighted by atomic mass is 10.0. The van der Waals surface area contributed by atoms with Gasteiger partial charge in [0.05, 0.1) is 5.56 Å².